The Labute approximate surface area is 117 Å². The van der Waals surface area contributed by atoms with E-state index in [2.05, 4.69) is 20.8 Å². The van der Waals surface area contributed by atoms with Crippen molar-refractivity contribution in [1.82, 2.24) is 4.90 Å². The van der Waals surface area contributed by atoms with Gasteiger partial charge in [0.1, 0.15) is 0 Å². The number of nitrogens with zero attached hydrogens (tertiary/aromatic N) is 1. The number of ether oxygens (including phenoxy) is 1. The second kappa shape index (κ2) is 5.76. The minimum Gasteiger partial charge on any atom is -0.378 e. The van der Waals surface area contributed by atoms with E-state index in [1.165, 1.54) is 0 Å². The first-order valence-electron chi connectivity index (χ1n) is 6.23. The van der Waals surface area contributed by atoms with Crippen molar-refractivity contribution in [3.05, 3.63) is 0 Å². The van der Waals surface area contributed by atoms with E-state index in [-0.39, 0.29) is 41.3 Å². The van der Waals surface area contributed by atoms with E-state index in [0.717, 1.165) is 6.42 Å². The second-order valence-corrected chi connectivity index (χ2v) is 5.96. The van der Waals surface area contributed by atoms with Crippen LogP contribution in [0.25, 0.3) is 0 Å². The van der Waals surface area contributed by atoms with Crippen molar-refractivity contribution >= 4 is 18.3 Å². The minimum atomic E-state index is -0.141. The Kier molecular flexibility index (Phi) is 5.66. The van der Waals surface area contributed by atoms with E-state index < -0.39 is 0 Å². The normalized spacial score (nSPS) is 30.9. The summed E-state index contributed by atoms with van der Waals surface area (Å²) >= 11 is 0. The highest BCUT2D eigenvalue weighted by Gasteiger charge is 2.59. The largest absolute Gasteiger partial charge is 0.378 e. The van der Waals surface area contributed by atoms with Crippen LogP contribution in [0.3, 0.4) is 0 Å². The molecule has 3 atom stereocenters. The zero-order valence-corrected chi connectivity index (χ0v) is 13.1. The monoisotopic (exact) mass is 278 g/mol. The molecule has 1 saturated carbocycles. The van der Waals surface area contributed by atoms with Gasteiger partial charge in [0.25, 0.3) is 0 Å². The standard InChI is InChI=1S/C13H26N2O2.ClH/c1-9(8-14)11(16)15(5)10-7-13(4,17-6)12(10,2)3;/h9-10H,7-8,14H2,1-6H3;1H. The molecule has 0 saturated heterocycles. The first-order chi connectivity index (χ1) is 7.71. The Morgan fingerprint density at radius 1 is 1.50 bits per heavy atom. The molecule has 0 aromatic heterocycles. The van der Waals surface area contributed by atoms with Gasteiger partial charge < -0.3 is 15.4 Å². The lowest BCUT2D eigenvalue weighted by atomic mass is 9.55. The first kappa shape index (κ1) is 17.7. The smallest absolute Gasteiger partial charge is 0.226 e. The van der Waals surface area contributed by atoms with Crippen molar-refractivity contribution in [2.45, 2.75) is 45.8 Å². The Morgan fingerprint density at radius 2 is 2.00 bits per heavy atom. The van der Waals surface area contributed by atoms with Gasteiger partial charge in [-0.3, -0.25) is 4.79 Å². The minimum absolute atomic E-state index is 0. The fourth-order valence-electron chi connectivity index (χ4n) is 2.68. The molecule has 4 nitrogen and oxygen atoms in total. The van der Waals surface area contributed by atoms with Gasteiger partial charge in [-0.15, -0.1) is 12.4 Å². The highest BCUT2D eigenvalue weighted by atomic mass is 35.5. The zero-order valence-electron chi connectivity index (χ0n) is 12.3. The molecule has 0 radical (unpaired) electrons. The predicted octanol–water partition coefficient (Wildman–Crippen LogP) is 1.66. The number of carbonyl (C=O) groups excluding carboxylic acids is 1. The van der Waals surface area contributed by atoms with Crippen LogP contribution < -0.4 is 5.73 Å². The third kappa shape index (κ3) is 2.51. The summed E-state index contributed by atoms with van der Waals surface area (Å²) in [5.74, 6) is 0.0222. The Hall–Kier alpha value is -0.320. The molecule has 0 aromatic carbocycles. The van der Waals surface area contributed by atoms with E-state index in [4.69, 9.17) is 10.5 Å². The highest BCUT2D eigenvalue weighted by Crippen LogP contribution is 2.53. The summed E-state index contributed by atoms with van der Waals surface area (Å²) < 4.78 is 5.57. The van der Waals surface area contributed by atoms with E-state index in [0.29, 0.717) is 6.54 Å². The van der Waals surface area contributed by atoms with Gasteiger partial charge in [-0.05, 0) is 13.3 Å². The van der Waals surface area contributed by atoms with Gasteiger partial charge in [0.05, 0.1) is 5.60 Å². The lowest BCUT2D eigenvalue weighted by Gasteiger charge is -2.61. The van der Waals surface area contributed by atoms with Crippen LogP contribution in [0.2, 0.25) is 0 Å². The maximum atomic E-state index is 12.1. The van der Waals surface area contributed by atoms with Crippen LogP contribution in [-0.4, -0.2) is 43.2 Å². The molecule has 0 spiro atoms. The molecular formula is C13H27ClN2O2. The van der Waals surface area contributed by atoms with E-state index in [1.54, 1.807) is 7.11 Å². The number of halogens is 1. The van der Waals surface area contributed by atoms with Crippen LogP contribution in [0.15, 0.2) is 0 Å². The molecule has 1 amide bonds. The number of hydrogen-bond acceptors (Lipinski definition) is 3. The molecule has 1 rings (SSSR count). The van der Waals surface area contributed by atoms with Crippen molar-refractivity contribution in [2.75, 3.05) is 20.7 Å². The summed E-state index contributed by atoms with van der Waals surface area (Å²) in [6, 6.07) is 0.231. The molecule has 0 bridgehead atoms. The summed E-state index contributed by atoms with van der Waals surface area (Å²) in [6.45, 7) is 8.69. The summed E-state index contributed by atoms with van der Waals surface area (Å²) in [5.41, 5.74) is 5.38. The van der Waals surface area contributed by atoms with Gasteiger partial charge in [0.2, 0.25) is 5.91 Å². The van der Waals surface area contributed by atoms with Crippen molar-refractivity contribution in [3.63, 3.8) is 0 Å². The lowest BCUT2D eigenvalue weighted by Crippen LogP contribution is -2.69. The maximum absolute atomic E-state index is 12.1. The van der Waals surface area contributed by atoms with Gasteiger partial charge in [-0.2, -0.15) is 0 Å². The van der Waals surface area contributed by atoms with Crippen molar-refractivity contribution < 1.29 is 9.53 Å². The van der Waals surface area contributed by atoms with Crippen molar-refractivity contribution in [3.8, 4) is 0 Å². The molecular weight excluding hydrogens is 252 g/mol. The SMILES string of the molecule is COC1(C)CC(N(C)C(=O)C(C)CN)C1(C)C.Cl. The fourth-order valence-corrected chi connectivity index (χ4v) is 2.68. The summed E-state index contributed by atoms with van der Waals surface area (Å²) in [5, 5.41) is 0. The van der Waals surface area contributed by atoms with Crippen LogP contribution in [0.1, 0.15) is 34.1 Å². The number of nitrogens with two attached hydrogens (primary N) is 1. The Morgan fingerprint density at radius 3 is 2.33 bits per heavy atom. The van der Waals surface area contributed by atoms with Crippen LogP contribution in [0.5, 0.6) is 0 Å². The second-order valence-electron chi connectivity index (χ2n) is 5.96. The van der Waals surface area contributed by atoms with Crippen LogP contribution in [-0.2, 0) is 9.53 Å². The molecule has 5 heteroatoms. The molecule has 0 heterocycles. The van der Waals surface area contributed by atoms with Crippen molar-refractivity contribution in [1.29, 1.82) is 0 Å². The third-order valence-electron chi connectivity index (χ3n) is 4.82. The molecule has 1 fully saturated rings. The highest BCUT2D eigenvalue weighted by molar-refractivity contribution is 5.85. The predicted molar refractivity (Wildman–Crippen MR) is 75.8 cm³/mol. The molecule has 18 heavy (non-hydrogen) atoms. The van der Waals surface area contributed by atoms with E-state index >= 15 is 0 Å². The van der Waals surface area contributed by atoms with Gasteiger partial charge in [-0.25, -0.2) is 0 Å². The van der Waals surface area contributed by atoms with Gasteiger partial charge >= 0.3 is 0 Å². The first-order valence-corrected chi connectivity index (χ1v) is 6.23. The number of hydrogen-bond donors (Lipinski definition) is 1. The maximum Gasteiger partial charge on any atom is 0.226 e. The Bertz CT molecular complexity index is 309. The van der Waals surface area contributed by atoms with E-state index in [9.17, 15) is 4.79 Å². The molecule has 0 aromatic rings. The molecule has 108 valence electrons. The number of carbonyl (C=O) groups is 1. The van der Waals surface area contributed by atoms with Gasteiger partial charge in [0, 0.05) is 38.1 Å². The fraction of sp³-hybridized carbons (Fsp3) is 0.923. The summed E-state index contributed by atoms with van der Waals surface area (Å²) in [7, 11) is 3.61. The lowest BCUT2D eigenvalue weighted by molar-refractivity contribution is -0.208. The Balaban J connectivity index is 0.00000289. The van der Waals surface area contributed by atoms with Gasteiger partial charge in [0.15, 0.2) is 0 Å². The van der Waals surface area contributed by atoms with Gasteiger partial charge in [-0.1, -0.05) is 20.8 Å². The van der Waals surface area contributed by atoms with Crippen LogP contribution in [0, 0.1) is 11.3 Å². The molecule has 2 N–H and O–H groups in total. The van der Waals surface area contributed by atoms with E-state index in [1.807, 2.05) is 18.9 Å². The number of rotatable bonds is 4. The third-order valence-corrected chi connectivity index (χ3v) is 4.82. The molecule has 0 aliphatic heterocycles. The van der Waals surface area contributed by atoms with Crippen LogP contribution >= 0.6 is 12.4 Å². The zero-order chi connectivity index (χ0) is 13.4. The quantitative estimate of drug-likeness (QED) is 0.851. The summed E-state index contributed by atoms with van der Waals surface area (Å²) in [4.78, 5) is 13.9. The average Bonchev–Trinajstić information content (AvgIpc) is 2.32. The van der Waals surface area contributed by atoms with Crippen molar-refractivity contribution in [2.24, 2.45) is 17.1 Å². The molecule has 3 unspecified atom stereocenters. The summed E-state index contributed by atoms with van der Waals surface area (Å²) in [6.07, 6.45) is 0.885. The number of methoxy groups -OCH3 is 1. The molecule has 1 aliphatic rings. The molecule has 1 aliphatic carbocycles. The average molecular weight is 279 g/mol. The topological polar surface area (TPSA) is 55.6 Å². The number of amides is 1. The van der Waals surface area contributed by atoms with Crippen LogP contribution in [0.4, 0.5) is 0 Å².